The number of phenols is 1. The highest BCUT2D eigenvalue weighted by Crippen LogP contribution is 2.35. The van der Waals surface area contributed by atoms with Gasteiger partial charge < -0.3 is 25.8 Å². The molecule has 0 saturated carbocycles. The van der Waals surface area contributed by atoms with Crippen molar-refractivity contribution in [3.8, 4) is 17.2 Å². The molecule has 150 valence electrons. The average Bonchev–Trinajstić information content (AvgIpc) is 2.59. The van der Waals surface area contributed by atoms with E-state index in [1.807, 2.05) is 26.0 Å². The van der Waals surface area contributed by atoms with E-state index in [9.17, 15) is 9.90 Å². The summed E-state index contributed by atoms with van der Waals surface area (Å²) in [6.45, 7) is 9.60. The van der Waals surface area contributed by atoms with E-state index in [0.29, 0.717) is 29.0 Å². The van der Waals surface area contributed by atoms with Crippen LogP contribution >= 0.6 is 0 Å². The molecule has 0 aliphatic carbocycles. The number of hydrogen-bond acceptors (Lipinski definition) is 4. The number of hydrogen-bond donors (Lipinski definition) is 3. The summed E-state index contributed by atoms with van der Waals surface area (Å²) in [4.78, 5) is 14.5. The molecule has 1 aliphatic rings. The van der Waals surface area contributed by atoms with Gasteiger partial charge in [0, 0.05) is 24.8 Å². The summed E-state index contributed by atoms with van der Waals surface area (Å²) in [5, 5.41) is 13.0. The Morgan fingerprint density at radius 1 is 1.14 bits per heavy atom. The molecule has 2 atom stereocenters. The van der Waals surface area contributed by atoms with Crippen LogP contribution in [0.15, 0.2) is 30.3 Å². The zero-order valence-electron chi connectivity index (χ0n) is 17.0. The second kappa shape index (κ2) is 8.00. The molecule has 2 aromatic carbocycles. The number of nitrogens with two attached hydrogens (primary N) is 1. The van der Waals surface area contributed by atoms with E-state index in [2.05, 4.69) is 19.2 Å². The highest BCUT2D eigenvalue weighted by atomic mass is 16.5. The minimum atomic E-state index is -0.203. The fourth-order valence-electron chi connectivity index (χ4n) is 3.96. The van der Waals surface area contributed by atoms with Gasteiger partial charge in [-0.25, -0.2) is 4.79 Å². The van der Waals surface area contributed by atoms with Crippen LogP contribution in [0.2, 0.25) is 0 Å². The number of benzene rings is 2. The number of likely N-dealkylation sites (tertiary alicyclic amines) is 1. The quantitative estimate of drug-likeness (QED) is 0.520. The predicted octanol–water partition coefficient (Wildman–Crippen LogP) is 4.89. The lowest BCUT2D eigenvalue weighted by Gasteiger charge is -2.35. The molecule has 0 radical (unpaired) electrons. The zero-order valence-corrected chi connectivity index (χ0v) is 17.0. The van der Waals surface area contributed by atoms with Crippen LogP contribution in [-0.4, -0.2) is 29.1 Å². The maximum Gasteiger partial charge on any atom is 0.321 e. The number of nitrogens with one attached hydrogen (secondary N) is 1. The number of phenolic OH excluding ortho intramolecular Hbond substituents is 1. The molecule has 1 fully saturated rings. The minimum absolute atomic E-state index is 0.00422. The molecule has 0 spiro atoms. The minimum Gasteiger partial charge on any atom is -0.506 e. The number of anilines is 2. The summed E-state index contributed by atoms with van der Waals surface area (Å²) < 4.78 is 6.02. The van der Waals surface area contributed by atoms with Crippen LogP contribution in [0.1, 0.15) is 31.4 Å². The Morgan fingerprint density at radius 2 is 1.75 bits per heavy atom. The van der Waals surface area contributed by atoms with E-state index in [1.165, 1.54) is 6.07 Å². The molecule has 4 N–H and O–H groups in total. The van der Waals surface area contributed by atoms with Gasteiger partial charge in [-0.15, -0.1) is 0 Å². The number of ether oxygens (including phenoxy) is 1. The van der Waals surface area contributed by atoms with Gasteiger partial charge in [-0.05, 0) is 67.5 Å². The second-order valence-corrected chi connectivity index (χ2v) is 8.05. The zero-order chi connectivity index (χ0) is 20.4. The molecule has 28 heavy (non-hydrogen) atoms. The molecular weight excluding hydrogens is 354 g/mol. The Kier molecular flexibility index (Phi) is 5.68. The van der Waals surface area contributed by atoms with Crippen molar-refractivity contribution in [2.24, 2.45) is 11.8 Å². The standard InChI is InChI=1S/C22H29N3O3/c1-13-7-14(2)12-25(11-13)22(27)24-19-10-18(5-6-20(19)26)28-21-15(3)8-17(23)9-16(21)4/h5-6,8-10,13-14,26H,7,11-12,23H2,1-4H3,(H,24,27). The highest BCUT2D eigenvalue weighted by Gasteiger charge is 2.26. The Bertz CT molecular complexity index is 848. The van der Waals surface area contributed by atoms with E-state index in [1.54, 1.807) is 17.0 Å². The lowest BCUT2D eigenvalue weighted by atomic mass is 9.92. The predicted molar refractivity (Wildman–Crippen MR) is 112 cm³/mol. The Balaban J connectivity index is 1.77. The van der Waals surface area contributed by atoms with Crippen LogP contribution in [0.3, 0.4) is 0 Å². The summed E-state index contributed by atoms with van der Waals surface area (Å²) in [7, 11) is 0. The number of aromatic hydroxyl groups is 1. The van der Waals surface area contributed by atoms with Gasteiger partial charge in [0.15, 0.2) is 0 Å². The molecule has 2 unspecified atom stereocenters. The van der Waals surface area contributed by atoms with E-state index in [4.69, 9.17) is 10.5 Å². The third kappa shape index (κ3) is 4.50. The van der Waals surface area contributed by atoms with Crippen LogP contribution in [-0.2, 0) is 0 Å². The molecule has 2 aromatic rings. The van der Waals surface area contributed by atoms with Gasteiger partial charge in [-0.1, -0.05) is 13.8 Å². The number of rotatable bonds is 3. The van der Waals surface area contributed by atoms with Crippen molar-refractivity contribution in [3.05, 3.63) is 41.5 Å². The fraction of sp³-hybridized carbons (Fsp3) is 0.409. The van der Waals surface area contributed by atoms with Gasteiger partial charge in [-0.3, -0.25) is 0 Å². The van der Waals surface area contributed by atoms with Crippen LogP contribution in [0.5, 0.6) is 17.2 Å². The summed E-state index contributed by atoms with van der Waals surface area (Å²) in [5.41, 5.74) is 8.74. The lowest BCUT2D eigenvalue weighted by Crippen LogP contribution is -2.44. The first-order valence-electron chi connectivity index (χ1n) is 9.66. The topological polar surface area (TPSA) is 87.8 Å². The molecule has 1 heterocycles. The highest BCUT2D eigenvalue weighted by molar-refractivity contribution is 5.91. The van der Waals surface area contributed by atoms with Crippen molar-refractivity contribution in [2.75, 3.05) is 24.1 Å². The van der Waals surface area contributed by atoms with Crippen molar-refractivity contribution in [1.82, 2.24) is 4.90 Å². The van der Waals surface area contributed by atoms with Gasteiger partial charge in [-0.2, -0.15) is 0 Å². The van der Waals surface area contributed by atoms with Gasteiger partial charge in [0.2, 0.25) is 0 Å². The molecule has 6 nitrogen and oxygen atoms in total. The SMILES string of the molecule is Cc1cc(N)cc(C)c1Oc1ccc(O)c(NC(=O)N2CC(C)CC(C)C2)c1. The van der Waals surface area contributed by atoms with Crippen molar-refractivity contribution in [1.29, 1.82) is 0 Å². The van der Waals surface area contributed by atoms with Crippen molar-refractivity contribution >= 4 is 17.4 Å². The molecule has 2 amide bonds. The van der Waals surface area contributed by atoms with Crippen molar-refractivity contribution < 1.29 is 14.6 Å². The first-order chi connectivity index (χ1) is 13.2. The lowest BCUT2D eigenvalue weighted by molar-refractivity contribution is 0.156. The third-order valence-electron chi connectivity index (χ3n) is 5.07. The Labute approximate surface area is 166 Å². The molecule has 6 heteroatoms. The number of carbonyl (C=O) groups excluding carboxylic acids is 1. The van der Waals surface area contributed by atoms with Crippen molar-refractivity contribution in [3.63, 3.8) is 0 Å². The van der Waals surface area contributed by atoms with Gasteiger partial charge >= 0.3 is 6.03 Å². The number of urea groups is 1. The maximum absolute atomic E-state index is 12.7. The molecule has 1 saturated heterocycles. The van der Waals surface area contributed by atoms with Gasteiger partial charge in [0.1, 0.15) is 17.2 Å². The first kappa shape index (κ1) is 19.9. The smallest absolute Gasteiger partial charge is 0.321 e. The first-order valence-corrected chi connectivity index (χ1v) is 9.66. The Morgan fingerprint density at radius 3 is 2.36 bits per heavy atom. The van der Waals surface area contributed by atoms with E-state index >= 15 is 0 Å². The van der Waals surface area contributed by atoms with Crippen LogP contribution in [0.4, 0.5) is 16.2 Å². The van der Waals surface area contributed by atoms with E-state index in [0.717, 1.165) is 36.4 Å². The monoisotopic (exact) mass is 383 g/mol. The fourth-order valence-corrected chi connectivity index (χ4v) is 3.96. The van der Waals surface area contributed by atoms with Crippen LogP contribution in [0, 0.1) is 25.7 Å². The number of piperidine rings is 1. The summed E-state index contributed by atoms with van der Waals surface area (Å²) in [6.07, 6.45) is 1.12. The van der Waals surface area contributed by atoms with Crippen LogP contribution in [0.25, 0.3) is 0 Å². The molecule has 1 aliphatic heterocycles. The molecule has 0 bridgehead atoms. The molecule has 0 aromatic heterocycles. The summed E-state index contributed by atoms with van der Waals surface area (Å²) in [6, 6.07) is 8.33. The second-order valence-electron chi connectivity index (χ2n) is 8.05. The number of nitrogen functional groups attached to an aromatic ring is 1. The summed E-state index contributed by atoms with van der Waals surface area (Å²) in [5.74, 6) is 2.19. The summed E-state index contributed by atoms with van der Waals surface area (Å²) >= 11 is 0. The molecular formula is C22H29N3O3. The van der Waals surface area contributed by atoms with Gasteiger partial charge in [0.25, 0.3) is 0 Å². The maximum atomic E-state index is 12.7. The van der Waals surface area contributed by atoms with Crippen molar-refractivity contribution in [2.45, 2.75) is 34.1 Å². The average molecular weight is 383 g/mol. The van der Waals surface area contributed by atoms with E-state index in [-0.39, 0.29) is 11.8 Å². The normalized spacial score (nSPS) is 19.4. The number of amides is 2. The third-order valence-corrected chi connectivity index (χ3v) is 5.07. The Hall–Kier alpha value is -2.89. The largest absolute Gasteiger partial charge is 0.506 e. The van der Waals surface area contributed by atoms with E-state index < -0.39 is 0 Å². The number of nitrogens with zero attached hydrogens (tertiary/aromatic N) is 1. The number of carbonyl (C=O) groups is 1. The number of aryl methyl sites for hydroxylation is 2. The van der Waals surface area contributed by atoms with Gasteiger partial charge in [0.05, 0.1) is 5.69 Å². The molecule has 3 rings (SSSR count). The van der Waals surface area contributed by atoms with Crippen LogP contribution < -0.4 is 15.8 Å².